The van der Waals surface area contributed by atoms with E-state index in [-0.39, 0.29) is 6.03 Å². The Bertz CT molecular complexity index is 641. The number of amides is 2. The molecule has 3 aliphatic rings. The van der Waals surface area contributed by atoms with E-state index < -0.39 is 0 Å². The summed E-state index contributed by atoms with van der Waals surface area (Å²) in [5.74, 6) is 0.535. The van der Waals surface area contributed by atoms with Crippen molar-refractivity contribution in [1.29, 1.82) is 0 Å². The third-order valence-corrected chi connectivity index (χ3v) is 6.94. The van der Waals surface area contributed by atoms with E-state index in [0.29, 0.717) is 5.92 Å². The van der Waals surface area contributed by atoms with Crippen molar-refractivity contribution in [3.8, 4) is 0 Å². The third-order valence-electron chi connectivity index (χ3n) is 6.44. The highest BCUT2D eigenvalue weighted by atomic mass is 79.9. The maximum atomic E-state index is 12.6. The van der Waals surface area contributed by atoms with Gasteiger partial charge in [0.2, 0.25) is 0 Å². The lowest BCUT2D eigenvalue weighted by Gasteiger charge is -2.38. The fraction of sp³-hybridized carbons (Fsp3) is 0.667. The Morgan fingerprint density at radius 3 is 2.59 bits per heavy atom. The SMILES string of the molecule is O=C(NCC1CCN(c2cccc(Br)c2)C1)N1CCN(C2CCCC2)CC1. The molecule has 6 heteroatoms. The fourth-order valence-electron chi connectivity index (χ4n) is 4.81. The molecule has 1 unspecified atom stereocenters. The predicted molar refractivity (Wildman–Crippen MR) is 113 cm³/mol. The number of halogens is 1. The van der Waals surface area contributed by atoms with Gasteiger partial charge in [-0.2, -0.15) is 0 Å². The Labute approximate surface area is 171 Å². The van der Waals surface area contributed by atoms with Gasteiger partial charge in [0.15, 0.2) is 0 Å². The molecule has 1 atom stereocenters. The van der Waals surface area contributed by atoms with E-state index in [1.165, 1.54) is 31.4 Å². The van der Waals surface area contributed by atoms with Gasteiger partial charge in [-0.3, -0.25) is 4.90 Å². The maximum Gasteiger partial charge on any atom is 0.317 e. The zero-order chi connectivity index (χ0) is 18.6. The number of piperazine rings is 1. The van der Waals surface area contributed by atoms with Crippen LogP contribution in [0.2, 0.25) is 0 Å². The van der Waals surface area contributed by atoms with Crippen molar-refractivity contribution < 1.29 is 4.79 Å². The van der Waals surface area contributed by atoms with Crippen molar-refractivity contribution in [2.24, 2.45) is 5.92 Å². The largest absolute Gasteiger partial charge is 0.371 e. The lowest BCUT2D eigenvalue weighted by atomic mass is 10.1. The van der Waals surface area contributed by atoms with Crippen molar-refractivity contribution >= 4 is 27.6 Å². The molecule has 1 aromatic carbocycles. The van der Waals surface area contributed by atoms with Gasteiger partial charge in [-0.1, -0.05) is 34.8 Å². The number of anilines is 1. The highest BCUT2D eigenvalue weighted by Gasteiger charge is 2.28. The zero-order valence-corrected chi connectivity index (χ0v) is 17.7. The summed E-state index contributed by atoms with van der Waals surface area (Å²) in [6.45, 7) is 6.69. The average Bonchev–Trinajstić information content (AvgIpc) is 3.38. The number of benzene rings is 1. The minimum absolute atomic E-state index is 0.127. The van der Waals surface area contributed by atoms with Crippen LogP contribution in [0.15, 0.2) is 28.7 Å². The second kappa shape index (κ2) is 8.82. The van der Waals surface area contributed by atoms with Gasteiger partial charge in [0.05, 0.1) is 0 Å². The molecular weight excluding hydrogens is 404 g/mol. The molecule has 1 aromatic rings. The number of carbonyl (C=O) groups excluding carboxylic acids is 1. The summed E-state index contributed by atoms with van der Waals surface area (Å²) in [5, 5.41) is 3.19. The number of hydrogen-bond acceptors (Lipinski definition) is 3. The maximum absolute atomic E-state index is 12.6. The summed E-state index contributed by atoms with van der Waals surface area (Å²) in [6, 6.07) is 9.38. The first kappa shape index (κ1) is 19.1. The van der Waals surface area contributed by atoms with Crippen LogP contribution in [0.25, 0.3) is 0 Å². The van der Waals surface area contributed by atoms with Crippen LogP contribution in [-0.4, -0.2) is 67.7 Å². The van der Waals surface area contributed by atoms with E-state index >= 15 is 0 Å². The molecule has 2 amide bonds. The van der Waals surface area contributed by atoms with Crippen molar-refractivity contribution in [2.75, 3.05) is 50.7 Å². The van der Waals surface area contributed by atoms with Crippen molar-refractivity contribution in [2.45, 2.75) is 38.1 Å². The van der Waals surface area contributed by atoms with Gasteiger partial charge in [-0.05, 0) is 43.4 Å². The average molecular weight is 435 g/mol. The van der Waals surface area contributed by atoms with Crippen molar-refractivity contribution in [3.63, 3.8) is 0 Å². The lowest BCUT2D eigenvalue weighted by molar-refractivity contribution is 0.109. The monoisotopic (exact) mass is 434 g/mol. The van der Waals surface area contributed by atoms with E-state index in [0.717, 1.165) is 62.7 Å². The molecular formula is C21H31BrN4O. The smallest absolute Gasteiger partial charge is 0.317 e. The Morgan fingerprint density at radius 2 is 1.85 bits per heavy atom. The first-order valence-corrected chi connectivity index (χ1v) is 11.3. The molecule has 5 nitrogen and oxygen atoms in total. The van der Waals surface area contributed by atoms with E-state index in [2.05, 4.69) is 55.3 Å². The van der Waals surface area contributed by atoms with Crippen LogP contribution in [0.3, 0.4) is 0 Å². The fourth-order valence-corrected chi connectivity index (χ4v) is 5.20. The van der Waals surface area contributed by atoms with E-state index in [4.69, 9.17) is 0 Å². The first-order chi connectivity index (χ1) is 13.2. The van der Waals surface area contributed by atoms with E-state index in [9.17, 15) is 4.79 Å². The molecule has 2 aliphatic heterocycles. The second-order valence-corrected chi connectivity index (χ2v) is 9.14. The predicted octanol–water partition coefficient (Wildman–Crippen LogP) is 3.55. The topological polar surface area (TPSA) is 38.8 Å². The standard InChI is InChI=1S/C21H31BrN4O/c22-18-4-3-7-20(14-18)26-9-8-17(16-26)15-23-21(27)25-12-10-24(11-13-25)19-5-1-2-6-19/h3-4,7,14,17,19H,1-2,5-6,8-13,15-16H2,(H,23,27). The highest BCUT2D eigenvalue weighted by Crippen LogP contribution is 2.26. The molecule has 27 heavy (non-hydrogen) atoms. The lowest BCUT2D eigenvalue weighted by Crippen LogP contribution is -2.54. The second-order valence-electron chi connectivity index (χ2n) is 8.23. The number of nitrogens with one attached hydrogen (secondary N) is 1. The quantitative estimate of drug-likeness (QED) is 0.787. The molecule has 148 valence electrons. The number of carbonyl (C=O) groups is 1. The normalized spacial score (nSPS) is 24.6. The van der Waals surface area contributed by atoms with Crippen LogP contribution in [0.1, 0.15) is 32.1 Å². The molecule has 0 aromatic heterocycles. The highest BCUT2D eigenvalue weighted by molar-refractivity contribution is 9.10. The Hall–Kier alpha value is -1.27. The Kier molecular flexibility index (Phi) is 6.23. The molecule has 1 N–H and O–H groups in total. The molecule has 0 spiro atoms. The van der Waals surface area contributed by atoms with Gasteiger partial charge in [0.25, 0.3) is 0 Å². The van der Waals surface area contributed by atoms with Gasteiger partial charge in [-0.15, -0.1) is 0 Å². The number of hydrogen-bond donors (Lipinski definition) is 1. The van der Waals surface area contributed by atoms with Gasteiger partial charge in [0, 0.05) is 62.0 Å². The summed E-state index contributed by atoms with van der Waals surface area (Å²) in [7, 11) is 0. The van der Waals surface area contributed by atoms with Crippen molar-refractivity contribution in [1.82, 2.24) is 15.1 Å². The van der Waals surface area contributed by atoms with Gasteiger partial charge in [0.1, 0.15) is 0 Å². The van der Waals surface area contributed by atoms with Gasteiger partial charge >= 0.3 is 6.03 Å². The van der Waals surface area contributed by atoms with Gasteiger partial charge in [-0.25, -0.2) is 4.79 Å². The van der Waals surface area contributed by atoms with Crippen LogP contribution in [-0.2, 0) is 0 Å². The summed E-state index contributed by atoms with van der Waals surface area (Å²) >= 11 is 3.55. The summed E-state index contributed by atoms with van der Waals surface area (Å²) < 4.78 is 1.12. The first-order valence-electron chi connectivity index (χ1n) is 10.5. The summed E-state index contributed by atoms with van der Waals surface area (Å²) in [4.78, 5) is 19.6. The minimum atomic E-state index is 0.127. The van der Waals surface area contributed by atoms with E-state index in [1.54, 1.807) is 0 Å². The summed E-state index contributed by atoms with van der Waals surface area (Å²) in [6.07, 6.45) is 6.60. The molecule has 0 radical (unpaired) electrons. The number of nitrogens with zero attached hydrogens (tertiary/aromatic N) is 3. The number of rotatable bonds is 4. The molecule has 2 saturated heterocycles. The summed E-state index contributed by atoms with van der Waals surface area (Å²) in [5.41, 5.74) is 1.27. The molecule has 0 bridgehead atoms. The van der Waals surface area contributed by atoms with Crippen LogP contribution in [0, 0.1) is 5.92 Å². The zero-order valence-electron chi connectivity index (χ0n) is 16.1. The number of urea groups is 1. The molecule has 1 saturated carbocycles. The minimum Gasteiger partial charge on any atom is -0.371 e. The molecule has 3 fully saturated rings. The Morgan fingerprint density at radius 1 is 1.07 bits per heavy atom. The Balaban J connectivity index is 1.19. The van der Waals surface area contributed by atoms with Crippen molar-refractivity contribution in [3.05, 3.63) is 28.7 Å². The van der Waals surface area contributed by atoms with Crippen LogP contribution < -0.4 is 10.2 Å². The van der Waals surface area contributed by atoms with Crippen LogP contribution in [0.4, 0.5) is 10.5 Å². The molecule has 4 rings (SSSR count). The third kappa shape index (κ3) is 4.77. The van der Waals surface area contributed by atoms with E-state index in [1.807, 2.05) is 4.90 Å². The van der Waals surface area contributed by atoms with Crippen LogP contribution >= 0.6 is 15.9 Å². The molecule has 1 aliphatic carbocycles. The van der Waals surface area contributed by atoms with Gasteiger partial charge < -0.3 is 15.1 Å². The van der Waals surface area contributed by atoms with Crippen LogP contribution in [0.5, 0.6) is 0 Å². The molecule has 2 heterocycles.